The summed E-state index contributed by atoms with van der Waals surface area (Å²) < 4.78 is 5.21. The quantitative estimate of drug-likeness (QED) is 0.803. The van der Waals surface area contributed by atoms with Crippen molar-refractivity contribution in [3.63, 3.8) is 0 Å². The van der Waals surface area contributed by atoms with Gasteiger partial charge in [-0.15, -0.1) is 11.8 Å². The van der Waals surface area contributed by atoms with Crippen molar-refractivity contribution in [1.29, 1.82) is 0 Å². The Morgan fingerprint density at radius 1 is 1.45 bits per heavy atom. The van der Waals surface area contributed by atoms with E-state index in [0.717, 1.165) is 17.7 Å². The lowest BCUT2D eigenvalue weighted by atomic mass is 10.1. The highest BCUT2D eigenvalue weighted by Crippen LogP contribution is 2.31. The van der Waals surface area contributed by atoms with E-state index in [1.807, 2.05) is 24.3 Å². The van der Waals surface area contributed by atoms with Crippen molar-refractivity contribution >= 4 is 29.1 Å². The number of nitrogens with zero attached hydrogens (tertiary/aromatic N) is 2. The van der Waals surface area contributed by atoms with E-state index >= 15 is 0 Å². The SMILES string of the molecule is O=C1CCCC1c1nc(CSc2cccc(Cl)c2)no1. The number of aromatic nitrogens is 2. The minimum atomic E-state index is -0.188. The first-order chi connectivity index (χ1) is 9.72. The standard InChI is InChI=1S/C14H13ClN2O2S/c15-9-3-1-4-10(7-9)20-8-13-16-14(19-17-13)11-5-2-6-12(11)18/h1,3-4,7,11H,2,5-6,8H2. The van der Waals surface area contributed by atoms with Crippen molar-refractivity contribution in [2.24, 2.45) is 0 Å². The molecule has 2 aromatic rings. The summed E-state index contributed by atoms with van der Waals surface area (Å²) in [5.74, 6) is 1.71. The fraction of sp³-hybridized carbons (Fsp3) is 0.357. The molecule has 1 saturated carbocycles. The molecule has 0 saturated heterocycles. The molecule has 0 aliphatic heterocycles. The average Bonchev–Trinajstić information content (AvgIpc) is 3.05. The zero-order chi connectivity index (χ0) is 13.9. The van der Waals surface area contributed by atoms with Crippen LogP contribution >= 0.6 is 23.4 Å². The second-order valence-electron chi connectivity index (χ2n) is 4.71. The smallest absolute Gasteiger partial charge is 0.237 e. The number of hydrogen-bond donors (Lipinski definition) is 0. The molecule has 1 fully saturated rings. The number of carbonyl (C=O) groups excluding carboxylic acids is 1. The van der Waals surface area contributed by atoms with Crippen LogP contribution < -0.4 is 0 Å². The molecule has 0 bridgehead atoms. The lowest BCUT2D eigenvalue weighted by Crippen LogP contribution is -2.04. The van der Waals surface area contributed by atoms with Crippen LogP contribution in [-0.4, -0.2) is 15.9 Å². The monoisotopic (exact) mass is 308 g/mol. The van der Waals surface area contributed by atoms with E-state index < -0.39 is 0 Å². The van der Waals surface area contributed by atoms with Crippen molar-refractivity contribution in [1.82, 2.24) is 10.1 Å². The molecule has 20 heavy (non-hydrogen) atoms. The Morgan fingerprint density at radius 2 is 2.35 bits per heavy atom. The maximum atomic E-state index is 11.7. The third-order valence-electron chi connectivity index (χ3n) is 3.25. The van der Waals surface area contributed by atoms with Crippen LogP contribution in [0.3, 0.4) is 0 Å². The van der Waals surface area contributed by atoms with Crippen molar-refractivity contribution in [2.75, 3.05) is 0 Å². The predicted molar refractivity (Wildman–Crippen MR) is 76.9 cm³/mol. The van der Waals surface area contributed by atoms with Gasteiger partial charge in [0.2, 0.25) is 5.89 Å². The number of rotatable bonds is 4. The molecule has 0 spiro atoms. The van der Waals surface area contributed by atoms with E-state index in [1.165, 1.54) is 0 Å². The molecule has 0 N–H and O–H groups in total. The minimum absolute atomic E-state index is 0.188. The predicted octanol–water partition coefficient (Wildman–Crippen LogP) is 3.85. The molecule has 104 valence electrons. The van der Waals surface area contributed by atoms with Crippen LogP contribution in [-0.2, 0) is 10.5 Å². The third-order valence-corrected chi connectivity index (χ3v) is 4.48. The van der Waals surface area contributed by atoms with Crippen LogP contribution in [0.5, 0.6) is 0 Å². The summed E-state index contributed by atoms with van der Waals surface area (Å²) in [6.07, 6.45) is 2.36. The van der Waals surface area contributed by atoms with Gasteiger partial charge in [-0.1, -0.05) is 22.8 Å². The summed E-state index contributed by atoms with van der Waals surface area (Å²) in [4.78, 5) is 17.0. The van der Waals surface area contributed by atoms with Crippen molar-refractivity contribution in [3.05, 3.63) is 41.0 Å². The Bertz CT molecular complexity index is 629. The van der Waals surface area contributed by atoms with Gasteiger partial charge in [-0.25, -0.2) is 0 Å². The van der Waals surface area contributed by atoms with Crippen LogP contribution in [0.15, 0.2) is 33.7 Å². The van der Waals surface area contributed by atoms with Crippen molar-refractivity contribution < 1.29 is 9.32 Å². The Hall–Kier alpha value is -1.33. The summed E-state index contributed by atoms with van der Waals surface area (Å²) in [5.41, 5.74) is 0. The van der Waals surface area contributed by atoms with Crippen LogP contribution in [0.2, 0.25) is 5.02 Å². The lowest BCUT2D eigenvalue weighted by molar-refractivity contribution is -0.119. The number of ketones is 1. The van der Waals surface area contributed by atoms with Gasteiger partial charge in [-0.05, 0) is 31.0 Å². The first kappa shape index (κ1) is 13.6. The molecule has 1 aliphatic carbocycles. The van der Waals surface area contributed by atoms with E-state index in [4.69, 9.17) is 16.1 Å². The molecule has 3 rings (SSSR count). The van der Waals surface area contributed by atoms with Gasteiger partial charge < -0.3 is 4.52 Å². The van der Waals surface area contributed by atoms with Crippen LogP contribution in [0.25, 0.3) is 0 Å². The topological polar surface area (TPSA) is 56.0 Å². The van der Waals surface area contributed by atoms with Gasteiger partial charge >= 0.3 is 0 Å². The second kappa shape index (κ2) is 5.97. The van der Waals surface area contributed by atoms with Crippen LogP contribution in [0.1, 0.15) is 36.9 Å². The molecule has 6 heteroatoms. The van der Waals surface area contributed by atoms with Gasteiger partial charge in [0.05, 0.1) is 11.7 Å². The van der Waals surface area contributed by atoms with E-state index in [0.29, 0.717) is 28.9 Å². The van der Waals surface area contributed by atoms with E-state index in [-0.39, 0.29) is 11.7 Å². The number of Topliss-reactive ketones (excluding diaryl/α,β-unsaturated/α-hetero) is 1. The number of halogens is 1. The minimum Gasteiger partial charge on any atom is -0.339 e. The third kappa shape index (κ3) is 3.04. The molecule has 1 unspecified atom stereocenters. The highest BCUT2D eigenvalue weighted by Gasteiger charge is 2.30. The van der Waals surface area contributed by atoms with Crippen LogP contribution in [0.4, 0.5) is 0 Å². The number of carbonyl (C=O) groups is 1. The van der Waals surface area contributed by atoms with Crippen LogP contribution in [0, 0.1) is 0 Å². The summed E-state index contributed by atoms with van der Waals surface area (Å²) in [7, 11) is 0. The summed E-state index contributed by atoms with van der Waals surface area (Å²) >= 11 is 7.52. The Morgan fingerprint density at radius 3 is 3.10 bits per heavy atom. The number of thioether (sulfide) groups is 1. The van der Waals surface area contributed by atoms with Crippen molar-refractivity contribution in [2.45, 2.75) is 35.8 Å². The Balaban J connectivity index is 1.64. The summed E-state index contributed by atoms with van der Waals surface area (Å²) in [5, 5.41) is 4.65. The van der Waals surface area contributed by atoms with Gasteiger partial charge in [-0.2, -0.15) is 4.98 Å². The zero-order valence-electron chi connectivity index (χ0n) is 10.7. The normalized spacial score (nSPS) is 18.6. The van der Waals surface area contributed by atoms with E-state index in [9.17, 15) is 4.79 Å². The molecular formula is C14H13ClN2O2S. The van der Waals surface area contributed by atoms with Gasteiger partial charge in [0.15, 0.2) is 5.82 Å². The molecule has 4 nitrogen and oxygen atoms in total. The molecule has 0 radical (unpaired) electrons. The molecule has 0 amide bonds. The zero-order valence-corrected chi connectivity index (χ0v) is 12.3. The molecule has 1 aliphatic rings. The number of hydrogen-bond acceptors (Lipinski definition) is 5. The van der Waals surface area contributed by atoms with Gasteiger partial charge in [0.25, 0.3) is 0 Å². The summed E-state index contributed by atoms with van der Waals surface area (Å²) in [6, 6.07) is 7.62. The largest absolute Gasteiger partial charge is 0.339 e. The fourth-order valence-electron chi connectivity index (χ4n) is 2.25. The van der Waals surface area contributed by atoms with Crippen molar-refractivity contribution in [3.8, 4) is 0 Å². The first-order valence-electron chi connectivity index (χ1n) is 6.46. The Labute approximate surface area is 125 Å². The second-order valence-corrected chi connectivity index (χ2v) is 6.19. The molecule has 1 heterocycles. The molecule has 1 aromatic carbocycles. The lowest BCUT2D eigenvalue weighted by Gasteiger charge is -1.99. The molecular weight excluding hydrogens is 296 g/mol. The Kier molecular flexibility index (Phi) is 4.08. The highest BCUT2D eigenvalue weighted by atomic mass is 35.5. The molecule has 1 atom stereocenters. The van der Waals surface area contributed by atoms with E-state index in [2.05, 4.69) is 10.1 Å². The maximum Gasteiger partial charge on any atom is 0.237 e. The fourth-order valence-corrected chi connectivity index (χ4v) is 3.30. The van der Waals surface area contributed by atoms with E-state index in [1.54, 1.807) is 11.8 Å². The molecule has 1 aromatic heterocycles. The highest BCUT2D eigenvalue weighted by molar-refractivity contribution is 7.98. The first-order valence-corrected chi connectivity index (χ1v) is 7.82. The maximum absolute atomic E-state index is 11.7. The van der Waals surface area contributed by atoms with Gasteiger partial charge in [0, 0.05) is 16.3 Å². The summed E-state index contributed by atoms with van der Waals surface area (Å²) in [6.45, 7) is 0. The van der Waals surface area contributed by atoms with Gasteiger partial charge in [-0.3, -0.25) is 4.79 Å². The number of benzene rings is 1. The van der Waals surface area contributed by atoms with Gasteiger partial charge in [0.1, 0.15) is 5.78 Å². The average molecular weight is 309 g/mol.